The highest BCUT2D eigenvalue weighted by Gasteiger charge is 2.51. The van der Waals surface area contributed by atoms with Crippen LogP contribution in [0.4, 0.5) is 0 Å². The first-order valence-electron chi connectivity index (χ1n) is 7.63. The second-order valence-corrected chi connectivity index (χ2v) is 6.37. The Morgan fingerprint density at radius 3 is 3.20 bits per heavy atom. The summed E-state index contributed by atoms with van der Waals surface area (Å²) in [5.74, 6) is 2.41. The molecule has 0 spiro atoms. The minimum absolute atomic E-state index is 0.298. The largest absolute Gasteiger partial charge is 0.490 e. The van der Waals surface area contributed by atoms with Gasteiger partial charge in [-0.1, -0.05) is 6.08 Å². The molecule has 0 aromatic carbocycles. The molecule has 1 aliphatic carbocycles. The summed E-state index contributed by atoms with van der Waals surface area (Å²) in [7, 11) is 0. The molecule has 20 heavy (non-hydrogen) atoms. The van der Waals surface area contributed by atoms with Crippen LogP contribution >= 0.6 is 0 Å². The van der Waals surface area contributed by atoms with Crippen molar-refractivity contribution in [2.24, 2.45) is 11.8 Å². The van der Waals surface area contributed by atoms with Crippen molar-refractivity contribution in [1.29, 1.82) is 0 Å². The lowest BCUT2D eigenvalue weighted by molar-refractivity contribution is -0.116. The molecule has 0 aromatic rings. The number of morpholine rings is 1. The first kappa shape index (κ1) is 11.0. The molecular formula is C16H18N2O2. The quantitative estimate of drug-likeness (QED) is 0.664. The van der Waals surface area contributed by atoms with E-state index in [1.807, 2.05) is 0 Å². The average Bonchev–Trinajstić information content (AvgIpc) is 2.80. The number of nitrogens with zero attached hydrogens (tertiary/aromatic N) is 2. The van der Waals surface area contributed by atoms with E-state index in [9.17, 15) is 4.79 Å². The Morgan fingerprint density at radius 1 is 1.30 bits per heavy atom. The Labute approximate surface area is 118 Å². The van der Waals surface area contributed by atoms with E-state index in [1.54, 1.807) is 6.08 Å². The van der Waals surface area contributed by atoms with E-state index in [4.69, 9.17) is 4.74 Å². The van der Waals surface area contributed by atoms with Crippen LogP contribution in [0.15, 0.2) is 35.4 Å². The molecule has 2 fully saturated rings. The molecule has 0 amide bonds. The minimum Gasteiger partial charge on any atom is -0.490 e. The van der Waals surface area contributed by atoms with Gasteiger partial charge >= 0.3 is 0 Å². The fourth-order valence-corrected chi connectivity index (χ4v) is 4.69. The van der Waals surface area contributed by atoms with Gasteiger partial charge in [0, 0.05) is 31.1 Å². The number of ether oxygens (including phenoxy) is 1. The topological polar surface area (TPSA) is 32.8 Å². The van der Waals surface area contributed by atoms with E-state index in [0.29, 0.717) is 23.7 Å². The first-order chi connectivity index (χ1) is 9.83. The predicted octanol–water partition coefficient (Wildman–Crippen LogP) is 1.28. The molecule has 0 N–H and O–H groups in total. The molecule has 3 atom stereocenters. The van der Waals surface area contributed by atoms with Crippen LogP contribution in [0.25, 0.3) is 0 Å². The van der Waals surface area contributed by atoms with Crippen LogP contribution in [0.5, 0.6) is 0 Å². The lowest BCUT2D eigenvalue weighted by Gasteiger charge is -2.43. The van der Waals surface area contributed by atoms with Crippen LogP contribution in [0, 0.1) is 11.8 Å². The van der Waals surface area contributed by atoms with Crippen molar-refractivity contribution in [2.75, 3.05) is 26.2 Å². The van der Waals surface area contributed by atoms with Crippen molar-refractivity contribution in [2.45, 2.75) is 18.9 Å². The van der Waals surface area contributed by atoms with Gasteiger partial charge < -0.3 is 14.5 Å². The summed E-state index contributed by atoms with van der Waals surface area (Å²) in [6, 6.07) is 0.417. The zero-order valence-corrected chi connectivity index (χ0v) is 11.4. The third-order valence-electron chi connectivity index (χ3n) is 5.49. The molecule has 0 radical (unpaired) electrons. The van der Waals surface area contributed by atoms with E-state index in [-0.39, 0.29) is 0 Å². The summed E-state index contributed by atoms with van der Waals surface area (Å²) in [6.45, 7) is 3.84. The van der Waals surface area contributed by atoms with E-state index in [2.05, 4.69) is 22.0 Å². The zero-order chi connectivity index (χ0) is 13.3. The summed E-state index contributed by atoms with van der Waals surface area (Å²) >= 11 is 0. The molecule has 4 aliphatic heterocycles. The highest BCUT2D eigenvalue weighted by atomic mass is 16.5. The minimum atomic E-state index is 0.298. The number of ketones is 1. The molecule has 4 heteroatoms. The molecule has 2 saturated heterocycles. The summed E-state index contributed by atoms with van der Waals surface area (Å²) < 4.78 is 5.87. The number of allylic oxidation sites excluding steroid dienone is 2. The number of carbonyl (C=O) groups excluding carboxylic acids is 1. The van der Waals surface area contributed by atoms with Gasteiger partial charge in [0.05, 0.1) is 18.3 Å². The van der Waals surface area contributed by atoms with Crippen molar-refractivity contribution < 1.29 is 9.53 Å². The number of rotatable bonds is 0. The van der Waals surface area contributed by atoms with Gasteiger partial charge in [-0.2, -0.15) is 0 Å². The Hall–Kier alpha value is -1.71. The Bertz CT molecular complexity index is 589. The SMILES string of the molecule is O=C1C=CC2C(C1)C1CCN3CCOC4=CCN2C1=C43. The van der Waals surface area contributed by atoms with Crippen molar-refractivity contribution >= 4 is 5.78 Å². The lowest BCUT2D eigenvalue weighted by atomic mass is 9.78. The number of hydrogen-bond acceptors (Lipinski definition) is 4. The Morgan fingerprint density at radius 2 is 2.25 bits per heavy atom. The Kier molecular flexibility index (Phi) is 2.03. The van der Waals surface area contributed by atoms with Crippen molar-refractivity contribution in [3.8, 4) is 0 Å². The second-order valence-electron chi connectivity index (χ2n) is 6.37. The molecule has 5 rings (SSSR count). The smallest absolute Gasteiger partial charge is 0.155 e. The van der Waals surface area contributed by atoms with Gasteiger partial charge in [-0.05, 0) is 24.5 Å². The van der Waals surface area contributed by atoms with Crippen LogP contribution in [0.1, 0.15) is 12.8 Å². The van der Waals surface area contributed by atoms with Gasteiger partial charge in [0.2, 0.25) is 0 Å². The van der Waals surface area contributed by atoms with Crippen molar-refractivity contribution in [1.82, 2.24) is 9.80 Å². The standard InChI is InChI=1S/C16H18N2O2/c19-10-1-2-13-12(9-10)11-3-5-17-7-8-20-14-4-6-18(13)15(11)16(14)17/h1-2,4,11-13H,3,5-9H2. The molecule has 0 saturated carbocycles. The highest BCUT2D eigenvalue weighted by molar-refractivity contribution is 5.91. The van der Waals surface area contributed by atoms with Gasteiger partial charge in [-0.3, -0.25) is 4.79 Å². The van der Waals surface area contributed by atoms with E-state index >= 15 is 0 Å². The van der Waals surface area contributed by atoms with Crippen LogP contribution < -0.4 is 0 Å². The van der Waals surface area contributed by atoms with Crippen molar-refractivity contribution in [3.63, 3.8) is 0 Å². The molecule has 4 heterocycles. The third-order valence-corrected chi connectivity index (χ3v) is 5.49. The van der Waals surface area contributed by atoms with E-state index < -0.39 is 0 Å². The summed E-state index contributed by atoms with van der Waals surface area (Å²) in [5.41, 5.74) is 2.79. The molecule has 0 aromatic heterocycles. The van der Waals surface area contributed by atoms with Crippen LogP contribution in [0.2, 0.25) is 0 Å². The zero-order valence-electron chi connectivity index (χ0n) is 11.4. The third kappa shape index (κ3) is 1.25. The monoisotopic (exact) mass is 270 g/mol. The molecule has 0 bridgehead atoms. The maximum Gasteiger partial charge on any atom is 0.155 e. The predicted molar refractivity (Wildman–Crippen MR) is 73.5 cm³/mol. The highest BCUT2D eigenvalue weighted by Crippen LogP contribution is 2.51. The maximum atomic E-state index is 11.8. The van der Waals surface area contributed by atoms with Gasteiger partial charge in [0.25, 0.3) is 0 Å². The fraction of sp³-hybridized carbons (Fsp3) is 0.562. The van der Waals surface area contributed by atoms with Crippen LogP contribution in [0.3, 0.4) is 0 Å². The normalized spacial score (nSPS) is 37.5. The van der Waals surface area contributed by atoms with Crippen LogP contribution in [-0.2, 0) is 9.53 Å². The number of fused-ring (bicyclic) bond motifs is 3. The van der Waals surface area contributed by atoms with E-state index in [1.165, 1.54) is 17.8 Å². The van der Waals surface area contributed by atoms with Gasteiger partial charge in [0.15, 0.2) is 5.78 Å². The van der Waals surface area contributed by atoms with Crippen molar-refractivity contribution in [3.05, 3.63) is 35.4 Å². The molecule has 3 unspecified atom stereocenters. The molecule has 4 nitrogen and oxygen atoms in total. The lowest BCUT2D eigenvalue weighted by Crippen LogP contribution is -2.43. The Balaban J connectivity index is 1.67. The fourth-order valence-electron chi connectivity index (χ4n) is 4.69. The second kappa shape index (κ2) is 3.68. The van der Waals surface area contributed by atoms with Crippen LogP contribution in [-0.4, -0.2) is 47.9 Å². The maximum absolute atomic E-state index is 11.8. The van der Waals surface area contributed by atoms with Gasteiger partial charge in [-0.15, -0.1) is 0 Å². The molecule has 5 aliphatic rings. The summed E-state index contributed by atoms with van der Waals surface area (Å²) in [4.78, 5) is 16.8. The number of carbonyl (C=O) groups is 1. The van der Waals surface area contributed by atoms with Gasteiger partial charge in [0.1, 0.15) is 12.4 Å². The van der Waals surface area contributed by atoms with Gasteiger partial charge in [-0.25, -0.2) is 0 Å². The summed E-state index contributed by atoms with van der Waals surface area (Å²) in [6.07, 6.45) is 8.05. The molecule has 104 valence electrons. The van der Waals surface area contributed by atoms with E-state index in [0.717, 1.165) is 38.4 Å². The molecular weight excluding hydrogens is 252 g/mol. The first-order valence-corrected chi connectivity index (χ1v) is 7.63. The summed E-state index contributed by atoms with van der Waals surface area (Å²) in [5, 5.41) is 0. The number of hydrogen-bond donors (Lipinski definition) is 0. The average molecular weight is 270 g/mol.